The molecule has 2 aromatic heterocycles. The van der Waals surface area contributed by atoms with Crippen molar-refractivity contribution in [1.82, 2.24) is 20.6 Å². The summed E-state index contributed by atoms with van der Waals surface area (Å²) >= 11 is 0. The highest BCUT2D eigenvalue weighted by Crippen LogP contribution is 2.34. The van der Waals surface area contributed by atoms with Crippen LogP contribution in [-0.4, -0.2) is 26.5 Å². The minimum absolute atomic E-state index is 0.197. The van der Waals surface area contributed by atoms with Crippen molar-refractivity contribution in [2.75, 3.05) is 5.32 Å². The van der Waals surface area contributed by atoms with Crippen molar-refractivity contribution >= 4 is 22.6 Å². The average molecular weight is 243 g/mol. The molecule has 1 aromatic carbocycles. The van der Waals surface area contributed by atoms with E-state index in [1.165, 1.54) is 6.92 Å². The molecule has 3 aromatic rings. The van der Waals surface area contributed by atoms with Gasteiger partial charge in [-0.3, -0.25) is 10.1 Å². The van der Waals surface area contributed by atoms with Crippen LogP contribution in [-0.2, 0) is 4.79 Å². The number of hydrogen-bond donors (Lipinski definition) is 2. The summed E-state index contributed by atoms with van der Waals surface area (Å²) in [7, 11) is 0. The molecule has 0 unspecified atom stereocenters. The van der Waals surface area contributed by atoms with E-state index in [4.69, 9.17) is 4.42 Å². The van der Waals surface area contributed by atoms with E-state index in [2.05, 4.69) is 25.9 Å². The van der Waals surface area contributed by atoms with Crippen molar-refractivity contribution in [2.24, 2.45) is 0 Å². The lowest BCUT2D eigenvalue weighted by Gasteiger charge is -1.96. The second-order valence-corrected chi connectivity index (χ2v) is 3.74. The van der Waals surface area contributed by atoms with Gasteiger partial charge in [0.1, 0.15) is 0 Å². The third-order valence-corrected chi connectivity index (χ3v) is 2.47. The first-order valence-electron chi connectivity index (χ1n) is 5.29. The number of tetrazole rings is 1. The maximum absolute atomic E-state index is 11.1. The van der Waals surface area contributed by atoms with Crippen LogP contribution in [0.15, 0.2) is 28.7 Å². The first kappa shape index (κ1) is 10.5. The molecule has 7 nitrogen and oxygen atoms in total. The summed E-state index contributed by atoms with van der Waals surface area (Å²) in [5, 5.41) is 17.7. The summed E-state index contributed by atoms with van der Waals surface area (Å²) in [6.07, 6.45) is 0. The van der Waals surface area contributed by atoms with Gasteiger partial charge in [-0.2, -0.15) is 0 Å². The smallest absolute Gasteiger partial charge is 0.223 e. The van der Waals surface area contributed by atoms with Crippen molar-refractivity contribution in [3.8, 4) is 11.6 Å². The molecule has 90 valence electrons. The van der Waals surface area contributed by atoms with Gasteiger partial charge in [-0.1, -0.05) is 18.2 Å². The minimum atomic E-state index is -0.197. The molecule has 0 aliphatic carbocycles. The van der Waals surface area contributed by atoms with Gasteiger partial charge in [-0.05, 0) is 16.5 Å². The third-order valence-electron chi connectivity index (χ3n) is 2.47. The molecule has 0 aliphatic heterocycles. The fraction of sp³-hybridized carbons (Fsp3) is 0.0909. The van der Waals surface area contributed by atoms with Crippen molar-refractivity contribution in [3.63, 3.8) is 0 Å². The minimum Gasteiger partial charge on any atom is -0.436 e. The number of aromatic nitrogens is 4. The molecule has 2 heterocycles. The topological polar surface area (TPSA) is 96.7 Å². The molecule has 0 atom stereocenters. The summed E-state index contributed by atoms with van der Waals surface area (Å²) in [4.78, 5) is 11.1. The van der Waals surface area contributed by atoms with Crippen molar-refractivity contribution < 1.29 is 9.21 Å². The number of nitrogens with one attached hydrogen (secondary N) is 2. The quantitative estimate of drug-likeness (QED) is 0.712. The second-order valence-electron chi connectivity index (χ2n) is 3.74. The molecule has 18 heavy (non-hydrogen) atoms. The van der Waals surface area contributed by atoms with Gasteiger partial charge in [0, 0.05) is 17.7 Å². The van der Waals surface area contributed by atoms with E-state index in [-0.39, 0.29) is 5.91 Å². The van der Waals surface area contributed by atoms with Crippen LogP contribution in [0, 0.1) is 0 Å². The summed E-state index contributed by atoms with van der Waals surface area (Å²) in [6.45, 7) is 1.42. The lowest BCUT2D eigenvalue weighted by molar-refractivity contribution is -0.114. The van der Waals surface area contributed by atoms with Crippen molar-refractivity contribution in [2.45, 2.75) is 6.92 Å². The highest BCUT2D eigenvalue weighted by Gasteiger charge is 2.17. The highest BCUT2D eigenvalue weighted by molar-refractivity contribution is 6.04. The number of aromatic amines is 1. The molecule has 2 N–H and O–H groups in total. The van der Waals surface area contributed by atoms with Crippen LogP contribution in [0.3, 0.4) is 0 Å². The van der Waals surface area contributed by atoms with Gasteiger partial charge in [0.2, 0.25) is 17.6 Å². The van der Waals surface area contributed by atoms with Crippen LogP contribution in [0.5, 0.6) is 0 Å². The average Bonchev–Trinajstić information content (AvgIpc) is 2.96. The summed E-state index contributed by atoms with van der Waals surface area (Å²) in [5.74, 6) is 1.11. The highest BCUT2D eigenvalue weighted by atomic mass is 16.4. The zero-order chi connectivity index (χ0) is 12.5. The third kappa shape index (κ3) is 1.61. The van der Waals surface area contributed by atoms with E-state index in [9.17, 15) is 4.79 Å². The Bertz CT molecular complexity index is 701. The van der Waals surface area contributed by atoms with Gasteiger partial charge in [-0.15, -0.1) is 5.10 Å². The van der Waals surface area contributed by atoms with Crippen molar-refractivity contribution in [3.05, 3.63) is 24.3 Å². The SMILES string of the molecule is CC(=O)Nc1oc(-c2nnn[nH]2)c2ccccc12. The number of H-pyrrole nitrogens is 1. The number of carbonyl (C=O) groups excluding carboxylic acids is 1. The molecule has 0 saturated carbocycles. The van der Waals surface area contributed by atoms with Gasteiger partial charge in [0.25, 0.3) is 0 Å². The predicted molar refractivity (Wildman–Crippen MR) is 63.7 cm³/mol. The fourth-order valence-corrected chi connectivity index (χ4v) is 1.78. The normalized spacial score (nSPS) is 10.7. The van der Waals surface area contributed by atoms with Gasteiger partial charge >= 0.3 is 0 Å². The Morgan fingerprint density at radius 3 is 2.78 bits per heavy atom. The summed E-state index contributed by atoms with van der Waals surface area (Å²) in [6, 6.07) is 7.48. The maximum atomic E-state index is 11.1. The van der Waals surface area contributed by atoms with E-state index in [1.807, 2.05) is 24.3 Å². The van der Waals surface area contributed by atoms with E-state index in [1.54, 1.807) is 0 Å². The summed E-state index contributed by atoms with van der Waals surface area (Å²) in [5.41, 5.74) is 0. The zero-order valence-electron chi connectivity index (χ0n) is 9.47. The van der Waals surface area contributed by atoms with E-state index in [0.717, 1.165) is 10.8 Å². The van der Waals surface area contributed by atoms with E-state index < -0.39 is 0 Å². The van der Waals surface area contributed by atoms with Gasteiger partial charge < -0.3 is 4.42 Å². The molecule has 0 aliphatic rings. The number of carbonyl (C=O) groups is 1. The number of fused-ring (bicyclic) bond motifs is 1. The Kier molecular flexibility index (Phi) is 2.30. The fourth-order valence-electron chi connectivity index (χ4n) is 1.78. The predicted octanol–water partition coefficient (Wildman–Crippen LogP) is 1.57. The standard InChI is InChI=1S/C11H9N5O2/c1-6(17)12-11-8-5-3-2-4-7(8)9(18-11)10-13-15-16-14-10/h2-5H,1H3,(H,12,17)(H,13,14,15,16). The van der Waals surface area contributed by atoms with Crippen LogP contribution >= 0.6 is 0 Å². The van der Waals surface area contributed by atoms with Crippen LogP contribution in [0.2, 0.25) is 0 Å². The Balaban J connectivity index is 2.24. The van der Waals surface area contributed by atoms with Crippen molar-refractivity contribution in [1.29, 1.82) is 0 Å². The maximum Gasteiger partial charge on any atom is 0.223 e. The number of furan rings is 1. The largest absolute Gasteiger partial charge is 0.436 e. The van der Waals surface area contributed by atoms with Gasteiger partial charge in [-0.25, -0.2) is 5.10 Å². The molecule has 0 spiro atoms. The first-order valence-corrected chi connectivity index (χ1v) is 5.29. The molecule has 1 amide bonds. The lowest BCUT2D eigenvalue weighted by atomic mass is 10.2. The molecule has 7 heteroatoms. The van der Waals surface area contributed by atoms with Gasteiger partial charge in [0.15, 0.2) is 5.76 Å². The summed E-state index contributed by atoms with van der Waals surface area (Å²) < 4.78 is 5.61. The Labute approximate surface area is 101 Å². The van der Waals surface area contributed by atoms with Crippen LogP contribution in [0.4, 0.5) is 5.88 Å². The molecule has 0 fully saturated rings. The Morgan fingerprint density at radius 2 is 2.11 bits per heavy atom. The number of anilines is 1. The van der Waals surface area contributed by atoms with E-state index >= 15 is 0 Å². The first-order chi connectivity index (χ1) is 8.75. The molecular formula is C11H9N5O2. The zero-order valence-corrected chi connectivity index (χ0v) is 9.47. The van der Waals surface area contributed by atoms with Crippen LogP contribution in [0.25, 0.3) is 22.4 Å². The Hall–Kier alpha value is -2.70. The van der Waals surface area contributed by atoms with Crippen LogP contribution < -0.4 is 5.32 Å². The monoisotopic (exact) mass is 243 g/mol. The number of nitrogens with zero attached hydrogens (tertiary/aromatic N) is 3. The number of benzene rings is 1. The molecule has 3 rings (SSSR count). The van der Waals surface area contributed by atoms with E-state index in [0.29, 0.717) is 17.5 Å². The molecule has 0 radical (unpaired) electrons. The van der Waals surface area contributed by atoms with Gasteiger partial charge in [0.05, 0.1) is 0 Å². The Morgan fingerprint density at radius 1 is 1.33 bits per heavy atom. The van der Waals surface area contributed by atoms with Crippen LogP contribution in [0.1, 0.15) is 6.92 Å². The molecular weight excluding hydrogens is 234 g/mol. The number of amides is 1. The molecule has 0 saturated heterocycles. The lowest BCUT2D eigenvalue weighted by Crippen LogP contribution is -2.04. The second kappa shape index (κ2) is 3.95. The molecule has 0 bridgehead atoms. The number of rotatable bonds is 2. The number of hydrogen-bond acceptors (Lipinski definition) is 5.